The fourth-order valence-corrected chi connectivity index (χ4v) is 4.84. The van der Waals surface area contributed by atoms with Crippen LogP contribution >= 0.6 is 0 Å². The van der Waals surface area contributed by atoms with E-state index in [0.717, 1.165) is 12.2 Å². The van der Waals surface area contributed by atoms with Crippen molar-refractivity contribution in [3.8, 4) is 0 Å². The molecule has 0 radical (unpaired) electrons. The second-order valence-corrected chi connectivity index (χ2v) is 8.94. The van der Waals surface area contributed by atoms with Gasteiger partial charge < -0.3 is 5.32 Å². The van der Waals surface area contributed by atoms with Crippen molar-refractivity contribution >= 4 is 38.7 Å². The van der Waals surface area contributed by atoms with E-state index in [1.807, 2.05) is 0 Å². The van der Waals surface area contributed by atoms with Gasteiger partial charge in [0.05, 0.1) is 0 Å². The molecule has 0 amide bonds. The van der Waals surface area contributed by atoms with E-state index in [9.17, 15) is 0 Å². The van der Waals surface area contributed by atoms with Crippen LogP contribution in [0.2, 0.25) is 0 Å². The van der Waals surface area contributed by atoms with Gasteiger partial charge in [-0.2, -0.15) is 8.80 Å². The third kappa shape index (κ3) is 4.17. The average molecular weight is 424 g/mol. The number of benzene rings is 2. The van der Waals surface area contributed by atoms with Crippen LogP contribution in [0.25, 0.3) is 38.3 Å². The van der Waals surface area contributed by atoms with E-state index in [1.54, 1.807) is 0 Å². The van der Waals surface area contributed by atoms with Crippen molar-refractivity contribution in [3.63, 3.8) is 0 Å². The fraction of sp³-hybridized carbons (Fsp3) is 0.345. The van der Waals surface area contributed by atoms with Gasteiger partial charge in [0.2, 0.25) is 0 Å². The third-order valence-electron chi connectivity index (χ3n) is 6.60. The average Bonchev–Trinajstić information content (AvgIpc) is 3.22. The summed E-state index contributed by atoms with van der Waals surface area (Å²) in [7, 11) is 0. The summed E-state index contributed by atoms with van der Waals surface area (Å²) < 4.78 is 4.65. The minimum atomic E-state index is 0.929. The van der Waals surface area contributed by atoms with Crippen molar-refractivity contribution in [3.05, 3.63) is 78.2 Å². The topological polar surface area (TPSA) is 22.6 Å². The molecular weight excluding hydrogens is 390 g/mol. The maximum absolute atomic E-state index is 4.85. The molecule has 0 fully saturated rings. The summed E-state index contributed by atoms with van der Waals surface area (Å²) in [4.78, 5) is 0. The number of para-hydroxylation sites is 1. The molecule has 0 saturated heterocycles. The molecule has 0 bridgehead atoms. The van der Waals surface area contributed by atoms with Crippen LogP contribution in [0.4, 0.5) is 5.69 Å². The van der Waals surface area contributed by atoms with Crippen molar-refractivity contribution in [1.29, 1.82) is 0 Å². The fourth-order valence-electron chi connectivity index (χ4n) is 4.84. The molecule has 3 aromatic heterocycles. The number of pyridine rings is 2. The first kappa shape index (κ1) is 20.8. The number of nitrogens with zero attached hydrogens (tertiary/aromatic N) is 3. The Balaban J connectivity index is 1.30. The summed E-state index contributed by atoms with van der Waals surface area (Å²) in [5.74, 6) is 0. The first-order chi connectivity index (χ1) is 15.8. The highest BCUT2D eigenvalue weighted by atomic mass is 15.1. The molecule has 0 unspecified atom stereocenters. The number of unbranched alkanes of at least 4 members (excludes halogenated alkanes) is 7. The maximum atomic E-state index is 4.85. The zero-order valence-electron chi connectivity index (χ0n) is 19.1. The Morgan fingerprint density at radius 2 is 1.53 bits per heavy atom. The largest absolute Gasteiger partial charge is 0.684 e. The molecule has 5 rings (SSSR count). The van der Waals surface area contributed by atoms with Gasteiger partial charge in [-0.3, -0.25) is 0 Å². The smallest absolute Gasteiger partial charge is 0.292 e. The Kier molecular flexibility index (Phi) is 6.24. The van der Waals surface area contributed by atoms with Gasteiger partial charge in [-0.15, -0.1) is 12.2 Å². The van der Waals surface area contributed by atoms with Crippen LogP contribution in [0, 0.1) is 0 Å². The monoisotopic (exact) mass is 423 g/mol. The van der Waals surface area contributed by atoms with Gasteiger partial charge in [0.15, 0.2) is 5.52 Å². The van der Waals surface area contributed by atoms with Gasteiger partial charge in [0, 0.05) is 16.8 Å². The minimum Gasteiger partial charge on any atom is -0.684 e. The standard InChI is InChI=1S/C29H33N3/c1-2-3-4-5-6-7-8-11-20-30-25-16-18-27-24(21-25)15-19-29-31(27)22-26-17-14-23-12-9-10-13-28(23)32(26)29/h9-10,12-19,21-22H,2-8,11,20H2,1H3. The lowest BCUT2D eigenvalue weighted by molar-refractivity contribution is -0.479. The van der Waals surface area contributed by atoms with Crippen molar-refractivity contribution < 1.29 is 4.40 Å². The highest BCUT2D eigenvalue weighted by Crippen LogP contribution is 2.26. The zero-order valence-corrected chi connectivity index (χ0v) is 19.1. The van der Waals surface area contributed by atoms with Crippen LogP contribution in [0.3, 0.4) is 0 Å². The van der Waals surface area contributed by atoms with Crippen molar-refractivity contribution in [2.24, 2.45) is 0 Å². The molecule has 0 aliphatic rings. The van der Waals surface area contributed by atoms with E-state index < -0.39 is 0 Å². The van der Waals surface area contributed by atoms with Gasteiger partial charge in [-0.05, 0) is 30.3 Å². The molecule has 0 N–H and O–H groups in total. The molecule has 2 aromatic carbocycles. The van der Waals surface area contributed by atoms with E-state index in [0.29, 0.717) is 0 Å². The predicted octanol–water partition coefficient (Wildman–Crippen LogP) is 8.13. The van der Waals surface area contributed by atoms with Crippen LogP contribution < -0.4 is 4.40 Å². The lowest BCUT2D eigenvalue weighted by Gasteiger charge is -2.21. The molecule has 3 nitrogen and oxygen atoms in total. The molecule has 3 heteroatoms. The normalized spacial score (nSPS) is 11.8. The Bertz CT molecular complexity index is 1350. The summed E-state index contributed by atoms with van der Waals surface area (Å²) in [6.07, 6.45) is 13.0. The van der Waals surface area contributed by atoms with Crippen molar-refractivity contribution in [2.75, 3.05) is 6.54 Å². The third-order valence-corrected chi connectivity index (χ3v) is 6.60. The van der Waals surface area contributed by atoms with E-state index in [1.165, 1.54) is 84.3 Å². The molecular formula is C29H33N3. The summed E-state index contributed by atoms with van der Waals surface area (Å²) in [5, 5.41) is 7.35. The molecule has 32 heavy (non-hydrogen) atoms. The van der Waals surface area contributed by atoms with Gasteiger partial charge in [0.1, 0.15) is 17.2 Å². The predicted molar refractivity (Wildman–Crippen MR) is 136 cm³/mol. The molecule has 0 saturated carbocycles. The molecule has 0 spiro atoms. The van der Waals surface area contributed by atoms with Gasteiger partial charge >= 0.3 is 0 Å². The second-order valence-electron chi connectivity index (χ2n) is 8.94. The maximum Gasteiger partial charge on any atom is 0.292 e. The summed E-state index contributed by atoms with van der Waals surface area (Å²) in [5.41, 5.74) is 5.95. The zero-order chi connectivity index (χ0) is 21.8. The Hall–Kier alpha value is -3.07. The van der Waals surface area contributed by atoms with Gasteiger partial charge in [0.25, 0.3) is 5.65 Å². The number of aromatic nitrogens is 2. The highest BCUT2D eigenvalue weighted by molar-refractivity contribution is 5.86. The lowest BCUT2D eigenvalue weighted by atomic mass is 10.1. The van der Waals surface area contributed by atoms with Crippen LogP contribution in [0.5, 0.6) is 0 Å². The lowest BCUT2D eigenvalue weighted by Crippen LogP contribution is -2.19. The quantitative estimate of drug-likeness (QED) is 0.160. The van der Waals surface area contributed by atoms with Gasteiger partial charge in [-0.25, -0.2) is 0 Å². The SMILES string of the molecule is CCCCCCCCCC[N-]c1ccc2c(ccc3n4c(ccc5ccccc54)c[n+]23)c1. The number of hydrogen-bond acceptors (Lipinski definition) is 0. The summed E-state index contributed by atoms with van der Waals surface area (Å²) in [6, 6.07) is 24.1. The molecule has 164 valence electrons. The first-order valence-corrected chi connectivity index (χ1v) is 12.3. The Morgan fingerprint density at radius 3 is 2.41 bits per heavy atom. The number of imidazole rings is 1. The van der Waals surface area contributed by atoms with E-state index in [2.05, 4.69) is 88.7 Å². The van der Waals surface area contributed by atoms with Crippen LogP contribution in [-0.2, 0) is 0 Å². The van der Waals surface area contributed by atoms with Crippen molar-refractivity contribution in [2.45, 2.75) is 58.3 Å². The van der Waals surface area contributed by atoms with E-state index in [-0.39, 0.29) is 0 Å². The second kappa shape index (κ2) is 9.60. The van der Waals surface area contributed by atoms with E-state index >= 15 is 0 Å². The van der Waals surface area contributed by atoms with E-state index in [4.69, 9.17) is 5.32 Å². The molecule has 0 aliphatic heterocycles. The molecule has 3 heterocycles. The Labute approximate surface area is 190 Å². The van der Waals surface area contributed by atoms with Crippen LogP contribution in [0.15, 0.2) is 72.9 Å². The van der Waals surface area contributed by atoms with Gasteiger partial charge in [-0.1, -0.05) is 88.6 Å². The number of fused-ring (bicyclic) bond motifs is 7. The van der Waals surface area contributed by atoms with Crippen molar-refractivity contribution in [1.82, 2.24) is 4.40 Å². The molecule has 0 atom stereocenters. The first-order valence-electron chi connectivity index (χ1n) is 12.3. The number of hydrogen-bond donors (Lipinski definition) is 0. The molecule has 5 aromatic rings. The summed E-state index contributed by atoms with van der Waals surface area (Å²) >= 11 is 0. The van der Waals surface area contributed by atoms with Crippen LogP contribution in [-0.4, -0.2) is 10.9 Å². The number of rotatable bonds is 10. The highest BCUT2D eigenvalue weighted by Gasteiger charge is 2.16. The minimum absolute atomic E-state index is 0.929. The molecule has 0 aliphatic carbocycles. The van der Waals surface area contributed by atoms with Crippen LogP contribution in [0.1, 0.15) is 58.3 Å². The Morgan fingerprint density at radius 1 is 0.750 bits per heavy atom. The summed E-state index contributed by atoms with van der Waals surface area (Å²) in [6.45, 7) is 3.20.